The van der Waals surface area contributed by atoms with Gasteiger partial charge in [-0.15, -0.1) is 0 Å². The zero-order chi connectivity index (χ0) is 24.5. The van der Waals surface area contributed by atoms with Gasteiger partial charge in [-0.3, -0.25) is 14.5 Å². The second-order valence-corrected chi connectivity index (χ2v) is 10.1. The van der Waals surface area contributed by atoms with Crippen molar-refractivity contribution in [1.29, 1.82) is 0 Å². The molecule has 1 atom stereocenters. The van der Waals surface area contributed by atoms with Crippen LogP contribution in [-0.2, 0) is 14.8 Å². The summed E-state index contributed by atoms with van der Waals surface area (Å²) in [5, 5.41) is 0. The van der Waals surface area contributed by atoms with E-state index in [1.807, 2.05) is 6.92 Å². The Morgan fingerprint density at radius 2 is 1.74 bits per heavy atom. The van der Waals surface area contributed by atoms with Crippen LogP contribution in [-0.4, -0.2) is 68.3 Å². The summed E-state index contributed by atoms with van der Waals surface area (Å²) in [7, 11) is -2.52. The van der Waals surface area contributed by atoms with Gasteiger partial charge in [-0.25, -0.2) is 13.2 Å². The van der Waals surface area contributed by atoms with Crippen LogP contribution < -0.4 is 4.74 Å². The number of benzene rings is 2. The minimum atomic E-state index is -3.89. The van der Waals surface area contributed by atoms with Crippen LogP contribution in [0.4, 0.5) is 0 Å². The van der Waals surface area contributed by atoms with Crippen LogP contribution in [0.1, 0.15) is 57.3 Å². The van der Waals surface area contributed by atoms with Gasteiger partial charge in [-0.05, 0) is 50.1 Å². The standard InChI is InChI=1S/C24H26N2O7S/c1-16-7-5-6-12-26(16)34(30,31)21-15-17(10-11-20(21)32-2)24(29)33-14-13-25-22(27)18-8-3-4-9-19(18)23(25)28/h3-4,8-11,15-16H,5-7,12-14H2,1-2H3. The van der Waals surface area contributed by atoms with Crippen LogP contribution in [0, 0.1) is 0 Å². The van der Waals surface area contributed by atoms with E-state index in [0.29, 0.717) is 17.7 Å². The minimum absolute atomic E-state index is 0.0337. The highest BCUT2D eigenvalue weighted by Crippen LogP contribution is 2.32. The predicted molar refractivity (Wildman–Crippen MR) is 122 cm³/mol. The molecule has 0 bridgehead atoms. The molecule has 2 heterocycles. The molecule has 0 saturated carbocycles. The summed E-state index contributed by atoms with van der Waals surface area (Å²) in [6.45, 7) is 1.94. The summed E-state index contributed by atoms with van der Waals surface area (Å²) >= 11 is 0. The Labute approximate surface area is 198 Å². The van der Waals surface area contributed by atoms with Crippen molar-refractivity contribution in [1.82, 2.24) is 9.21 Å². The third-order valence-corrected chi connectivity index (χ3v) is 8.19. The van der Waals surface area contributed by atoms with Crippen molar-refractivity contribution in [2.24, 2.45) is 0 Å². The number of piperidine rings is 1. The number of rotatable bonds is 7. The van der Waals surface area contributed by atoms with Crippen LogP contribution in [0.5, 0.6) is 5.75 Å². The highest BCUT2D eigenvalue weighted by atomic mass is 32.2. The Bertz CT molecular complexity index is 1210. The van der Waals surface area contributed by atoms with Crippen molar-refractivity contribution < 1.29 is 32.3 Å². The Kier molecular flexibility index (Phi) is 6.72. The van der Waals surface area contributed by atoms with Crippen molar-refractivity contribution in [3.05, 3.63) is 59.2 Å². The Morgan fingerprint density at radius 3 is 2.35 bits per heavy atom. The number of hydrogen-bond acceptors (Lipinski definition) is 7. The number of nitrogens with zero attached hydrogens (tertiary/aromatic N) is 2. The summed E-state index contributed by atoms with van der Waals surface area (Å²) < 4.78 is 38.6. The summed E-state index contributed by atoms with van der Waals surface area (Å²) in [6.07, 6.45) is 2.50. The van der Waals surface area contributed by atoms with E-state index in [4.69, 9.17) is 9.47 Å². The number of sulfonamides is 1. The lowest BCUT2D eigenvalue weighted by Crippen LogP contribution is -2.42. The Hall–Kier alpha value is -3.24. The average molecular weight is 487 g/mol. The van der Waals surface area contributed by atoms with Gasteiger partial charge in [0, 0.05) is 12.6 Å². The maximum Gasteiger partial charge on any atom is 0.338 e. The topological polar surface area (TPSA) is 110 Å². The quantitative estimate of drug-likeness (QED) is 0.437. The first-order chi connectivity index (χ1) is 16.3. The second-order valence-electron chi connectivity index (χ2n) is 8.27. The van der Waals surface area contributed by atoms with Crippen LogP contribution in [0.25, 0.3) is 0 Å². The van der Waals surface area contributed by atoms with Gasteiger partial charge in [0.15, 0.2) is 0 Å². The van der Waals surface area contributed by atoms with Gasteiger partial charge in [-0.2, -0.15) is 4.31 Å². The molecular formula is C24H26N2O7S. The fourth-order valence-electron chi connectivity index (χ4n) is 4.32. The van der Waals surface area contributed by atoms with Gasteiger partial charge >= 0.3 is 5.97 Å². The van der Waals surface area contributed by atoms with Gasteiger partial charge in [-0.1, -0.05) is 18.6 Å². The monoisotopic (exact) mass is 486 g/mol. The zero-order valence-electron chi connectivity index (χ0n) is 19.0. The smallest absolute Gasteiger partial charge is 0.338 e. The fourth-order valence-corrected chi connectivity index (χ4v) is 6.20. The number of amides is 2. The van der Waals surface area contributed by atoms with E-state index in [9.17, 15) is 22.8 Å². The van der Waals surface area contributed by atoms with Gasteiger partial charge < -0.3 is 9.47 Å². The van der Waals surface area contributed by atoms with Gasteiger partial charge in [0.25, 0.3) is 11.8 Å². The van der Waals surface area contributed by atoms with Crippen LogP contribution in [0.15, 0.2) is 47.4 Å². The highest BCUT2D eigenvalue weighted by Gasteiger charge is 2.36. The molecule has 1 saturated heterocycles. The number of methoxy groups -OCH3 is 1. The fraction of sp³-hybridized carbons (Fsp3) is 0.375. The van der Waals surface area contributed by atoms with Crippen LogP contribution >= 0.6 is 0 Å². The van der Waals surface area contributed by atoms with E-state index in [1.54, 1.807) is 24.3 Å². The molecule has 4 rings (SSSR count). The van der Waals surface area contributed by atoms with E-state index in [2.05, 4.69) is 0 Å². The van der Waals surface area contributed by atoms with E-state index >= 15 is 0 Å². The molecule has 1 unspecified atom stereocenters. The number of carbonyl (C=O) groups excluding carboxylic acids is 3. The first-order valence-corrected chi connectivity index (χ1v) is 12.5. The largest absolute Gasteiger partial charge is 0.495 e. The second kappa shape index (κ2) is 9.55. The number of esters is 1. The molecule has 0 N–H and O–H groups in total. The minimum Gasteiger partial charge on any atom is -0.495 e. The van der Waals surface area contributed by atoms with Crippen molar-refractivity contribution in [2.75, 3.05) is 26.8 Å². The number of fused-ring (bicyclic) bond motifs is 1. The number of carbonyl (C=O) groups is 3. The SMILES string of the molecule is COc1ccc(C(=O)OCCN2C(=O)c3ccccc3C2=O)cc1S(=O)(=O)N1CCCCC1C. The third-order valence-electron chi connectivity index (χ3n) is 6.15. The summed E-state index contributed by atoms with van der Waals surface area (Å²) in [5.41, 5.74) is 0.665. The highest BCUT2D eigenvalue weighted by molar-refractivity contribution is 7.89. The maximum absolute atomic E-state index is 13.3. The lowest BCUT2D eigenvalue weighted by Gasteiger charge is -2.32. The molecule has 34 heavy (non-hydrogen) atoms. The van der Waals surface area contributed by atoms with Gasteiger partial charge in [0.05, 0.1) is 30.3 Å². The normalized spacial score (nSPS) is 18.6. The summed E-state index contributed by atoms with van der Waals surface area (Å²) in [5.74, 6) is -1.50. The molecule has 2 amide bonds. The maximum atomic E-state index is 13.3. The van der Waals surface area contributed by atoms with E-state index < -0.39 is 27.8 Å². The number of ether oxygens (including phenoxy) is 2. The van der Waals surface area contributed by atoms with Crippen LogP contribution in [0.2, 0.25) is 0 Å². The number of hydrogen-bond donors (Lipinski definition) is 0. The van der Waals surface area contributed by atoms with Crippen molar-refractivity contribution in [3.8, 4) is 5.75 Å². The molecule has 10 heteroatoms. The predicted octanol–water partition coefficient (Wildman–Crippen LogP) is 2.71. The van der Waals surface area contributed by atoms with Crippen molar-refractivity contribution in [3.63, 3.8) is 0 Å². The first kappa shape index (κ1) is 23.9. The summed E-state index contributed by atoms with van der Waals surface area (Å²) in [6, 6.07) is 10.4. The molecule has 0 radical (unpaired) electrons. The molecule has 2 aromatic carbocycles. The molecule has 2 aromatic rings. The third kappa shape index (κ3) is 4.30. The molecule has 0 aliphatic carbocycles. The average Bonchev–Trinajstić information content (AvgIpc) is 3.08. The molecule has 2 aliphatic heterocycles. The van der Waals surface area contributed by atoms with E-state index in [1.165, 1.54) is 29.6 Å². The molecule has 1 fully saturated rings. The van der Waals surface area contributed by atoms with Crippen LogP contribution in [0.3, 0.4) is 0 Å². The van der Waals surface area contributed by atoms with Gasteiger partial charge in [0.2, 0.25) is 10.0 Å². The first-order valence-electron chi connectivity index (χ1n) is 11.1. The van der Waals surface area contributed by atoms with Gasteiger partial charge in [0.1, 0.15) is 17.3 Å². The lowest BCUT2D eigenvalue weighted by molar-refractivity contribution is 0.0420. The molecule has 0 aromatic heterocycles. The lowest BCUT2D eigenvalue weighted by atomic mass is 10.1. The van der Waals surface area contributed by atoms with Crippen molar-refractivity contribution >= 4 is 27.8 Å². The van der Waals surface area contributed by atoms with E-state index in [-0.39, 0.29) is 35.4 Å². The zero-order valence-corrected chi connectivity index (χ0v) is 19.8. The summed E-state index contributed by atoms with van der Waals surface area (Å²) in [4.78, 5) is 38.5. The molecule has 2 aliphatic rings. The molecule has 9 nitrogen and oxygen atoms in total. The molecular weight excluding hydrogens is 460 g/mol. The molecule has 180 valence electrons. The van der Waals surface area contributed by atoms with Crippen molar-refractivity contribution in [2.45, 2.75) is 37.1 Å². The van der Waals surface area contributed by atoms with E-state index in [0.717, 1.165) is 24.2 Å². The Morgan fingerprint density at radius 1 is 1.06 bits per heavy atom. The number of imide groups is 1. The molecule has 0 spiro atoms. The Balaban J connectivity index is 1.47.